The van der Waals surface area contributed by atoms with Gasteiger partial charge >= 0.3 is 12.0 Å². The summed E-state index contributed by atoms with van der Waals surface area (Å²) in [5.41, 5.74) is 1.01. The lowest BCUT2D eigenvalue weighted by molar-refractivity contribution is -0.125. The molecule has 1 unspecified atom stereocenters. The summed E-state index contributed by atoms with van der Waals surface area (Å²) in [6, 6.07) is 5.90. The van der Waals surface area contributed by atoms with Crippen LogP contribution in [0.5, 0.6) is 0 Å². The molecule has 0 spiro atoms. The van der Waals surface area contributed by atoms with Crippen molar-refractivity contribution in [3.05, 3.63) is 35.4 Å². The molecule has 1 aliphatic heterocycles. The number of nitrogens with zero attached hydrogens (tertiary/aromatic N) is 1. The highest BCUT2D eigenvalue weighted by Crippen LogP contribution is 2.12. The van der Waals surface area contributed by atoms with Crippen LogP contribution in [-0.2, 0) is 20.9 Å². The molecule has 0 aliphatic carbocycles. The number of amides is 3. The number of nitrogens with one attached hydrogen (secondary N) is 1. The largest absolute Gasteiger partial charge is 0.451 e. The molecule has 1 aromatic rings. The number of Topliss-reactive ketones (excluding diaryl/α,β-unsaturated/α-hetero) is 1. The number of hydrogen-bond donors (Lipinski definition) is 1. The molecule has 22 heavy (non-hydrogen) atoms. The molecule has 3 amide bonds. The van der Waals surface area contributed by atoms with Crippen LogP contribution in [0, 0.1) is 0 Å². The van der Waals surface area contributed by atoms with Gasteiger partial charge in [-0.15, -0.1) is 0 Å². The van der Waals surface area contributed by atoms with E-state index in [1.54, 1.807) is 12.1 Å². The summed E-state index contributed by atoms with van der Waals surface area (Å²) in [4.78, 5) is 46.9. The maximum absolute atomic E-state index is 11.8. The van der Waals surface area contributed by atoms with Gasteiger partial charge in [-0.05, 0) is 31.5 Å². The quantitative estimate of drug-likeness (QED) is 0.643. The van der Waals surface area contributed by atoms with E-state index >= 15 is 0 Å². The minimum absolute atomic E-state index is 0.00613. The molecule has 7 nitrogen and oxygen atoms in total. The smallest absolute Gasteiger partial charge is 0.338 e. The van der Waals surface area contributed by atoms with Gasteiger partial charge in [0, 0.05) is 0 Å². The van der Waals surface area contributed by atoms with Crippen LogP contribution < -0.4 is 5.32 Å². The number of hydrogen-bond acceptors (Lipinski definition) is 5. The number of rotatable bonds is 5. The number of carbonyl (C=O) groups is 4. The summed E-state index contributed by atoms with van der Waals surface area (Å²) in [6.45, 7) is 3.00. The Kier molecular flexibility index (Phi) is 4.55. The number of carbonyl (C=O) groups excluding carboxylic acids is 4. The maximum Gasteiger partial charge on any atom is 0.338 e. The van der Waals surface area contributed by atoms with Crippen molar-refractivity contribution >= 4 is 23.7 Å². The lowest BCUT2D eigenvalue weighted by atomic mass is 10.1. The standard InChI is InChI=1S/C15H16N2O5/c1-9(18)10(2)22-14(20)12-5-3-11(4-6-12)8-17-13(19)7-16-15(17)21/h3-6,10H,7-8H2,1-2H3,(H,16,21). The van der Waals surface area contributed by atoms with Crippen molar-refractivity contribution in [2.24, 2.45) is 0 Å². The summed E-state index contributed by atoms with van der Waals surface area (Å²) in [7, 11) is 0. The Morgan fingerprint density at radius 2 is 1.91 bits per heavy atom. The van der Waals surface area contributed by atoms with Crippen LogP contribution in [0.2, 0.25) is 0 Å². The lowest BCUT2D eigenvalue weighted by Crippen LogP contribution is -2.30. The minimum Gasteiger partial charge on any atom is -0.451 e. The van der Waals surface area contributed by atoms with Gasteiger partial charge in [-0.1, -0.05) is 12.1 Å². The predicted octanol–water partition coefficient (Wildman–Crippen LogP) is 0.873. The van der Waals surface area contributed by atoms with E-state index in [1.807, 2.05) is 0 Å². The van der Waals surface area contributed by atoms with Gasteiger partial charge in [0.15, 0.2) is 11.9 Å². The van der Waals surface area contributed by atoms with Gasteiger partial charge in [0.05, 0.1) is 18.7 Å². The molecule has 0 radical (unpaired) electrons. The highest BCUT2D eigenvalue weighted by molar-refractivity contribution is 6.01. The van der Waals surface area contributed by atoms with Crippen LogP contribution in [0.4, 0.5) is 4.79 Å². The monoisotopic (exact) mass is 304 g/mol. The molecular weight excluding hydrogens is 288 g/mol. The third-order valence-corrected chi connectivity index (χ3v) is 3.32. The number of benzene rings is 1. The number of ether oxygens (including phenoxy) is 1. The fourth-order valence-corrected chi connectivity index (χ4v) is 1.86. The van der Waals surface area contributed by atoms with E-state index in [0.29, 0.717) is 11.1 Å². The van der Waals surface area contributed by atoms with Crippen LogP contribution in [0.25, 0.3) is 0 Å². The molecule has 0 aromatic heterocycles. The van der Waals surface area contributed by atoms with Gasteiger partial charge in [-0.2, -0.15) is 0 Å². The molecule has 1 saturated heterocycles. The van der Waals surface area contributed by atoms with Crippen molar-refractivity contribution in [2.75, 3.05) is 6.54 Å². The van der Waals surface area contributed by atoms with Crippen LogP contribution in [0.1, 0.15) is 29.8 Å². The van der Waals surface area contributed by atoms with Gasteiger partial charge in [0.1, 0.15) is 0 Å². The topological polar surface area (TPSA) is 92.8 Å². The first-order chi connectivity index (χ1) is 10.4. The summed E-state index contributed by atoms with van der Waals surface area (Å²) < 4.78 is 4.99. The van der Waals surface area contributed by atoms with E-state index in [9.17, 15) is 19.2 Å². The molecule has 1 aromatic carbocycles. The average Bonchev–Trinajstić information content (AvgIpc) is 2.79. The molecular formula is C15H16N2O5. The number of urea groups is 1. The molecule has 1 N–H and O–H groups in total. The molecule has 1 atom stereocenters. The third-order valence-electron chi connectivity index (χ3n) is 3.32. The fraction of sp³-hybridized carbons (Fsp3) is 0.333. The van der Waals surface area contributed by atoms with Gasteiger partial charge in [0.2, 0.25) is 5.91 Å². The molecule has 1 aliphatic rings. The third kappa shape index (κ3) is 3.49. The lowest BCUT2D eigenvalue weighted by Gasteiger charge is -2.13. The summed E-state index contributed by atoms with van der Waals surface area (Å²) in [5, 5.41) is 2.43. The van der Waals surface area contributed by atoms with Gasteiger partial charge in [-0.25, -0.2) is 9.59 Å². The highest BCUT2D eigenvalue weighted by Gasteiger charge is 2.28. The Morgan fingerprint density at radius 1 is 1.27 bits per heavy atom. The molecule has 0 saturated carbocycles. The number of ketones is 1. The Balaban J connectivity index is 2.01. The first-order valence-corrected chi connectivity index (χ1v) is 6.77. The van der Waals surface area contributed by atoms with Crippen LogP contribution in [0.3, 0.4) is 0 Å². The first-order valence-electron chi connectivity index (χ1n) is 6.77. The van der Waals surface area contributed by atoms with E-state index in [1.165, 1.54) is 26.0 Å². The summed E-state index contributed by atoms with van der Waals surface area (Å²) >= 11 is 0. The molecule has 1 fully saturated rings. The van der Waals surface area contributed by atoms with E-state index < -0.39 is 18.1 Å². The van der Waals surface area contributed by atoms with E-state index in [0.717, 1.165) is 4.90 Å². The second-order valence-electron chi connectivity index (χ2n) is 4.99. The maximum atomic E-state index is 11.8. The Bertz CT molecular complexity index is 607. The Labute approximate surface area is 127 Å². The normalized spacial score (nSPS) is 15.5. The zero-order chi connectivity index (χ0) is 16.3. The van der Waals surface area contributed by atoms with Crippen molar-refractivity contribution < 1.29 is 23.9 Å². The predicted molar refractivity (Wildman–Crippen MR) is 75.9 cm³/mol. The summed E-state index contributed by atoms with van der Waals surface area (Å²) in [6.07, 6.45) is -0.793. The average molecular weight is 304 g/mol. The molecule has 116 valence electrons. The zero-order valence-electron chi connectivity index (χ0n) is 12.3. The molecule has 1 heterocycles. The van der Waals surface area contributed by atoms with Crippen molar-refractivity contribution in [3.63, 3.8) is 0 Å². The second kappa shape index (κ2) is 6.38. The van der Waals surface area contributed by atoms with Crippen LogP contribution in [-0.4, -0.2) is 41.2 Å². The number of imide groups is 1. The molecule has 0 bridgehead atoms. The van der Waals surface area contributed by atoms with E-state index in [2.05, 4.69) is 5.32 Å². The molecule has 7 heteroatoms. The molecule has 2 rings (SSSR count). The number of esters is 1. The van der Waals surface area contributed by atoms with Crippen molar-refractivity contribution in [3.8, 4) is 0 Å². The highest BCUT2D eigenvalue weighted by atomic mass is 16.5. The SMILES string of the molecule is CC(=O)C(C)OC(=O)c1ccc(CN2C(=O)CNC2=O)cc1. The van der Waals surface area contributed by atoms with E-state index in [-0.39, 0.29) is 24.8 Å². The zero-order valence-corrected chi connectivity index (χ0v) is 12.3. The van der Waals surface area contributed by atoms with Crippen LogP contribution >= 0.6 is 0 Å². The van der Waals surface area contributed by atoms with Crippen molar-refractivity contribution in [2.45, 2.75) is 26.5 Å². The second-order valence-corrected chi connectivity index (χ2v) is 4.99. The fourth-order valence-electron chi connectivity index (χ4n) is 1.86. The minimum atomic E-state index is -0.793. The first kappa shape index (κ1) is 15.7. The van der Waals surface area contributed by atoms with Gasteiger partial charge in [0.25, 0.3) is 0 Å². The van der Waals surface area contributed by atoms with Crippen LogP contribution in [0.15, 0.2) is 24.3 Å². The Morgan fingerprint density at radius 3 is 2.41 bits per heavy atom. The summed E-state index contributed by atoms with van der Waals surface area (Å²) in [5.74, 6) is -1.11. The Hall–Kier alpha value is -2.70. The van der Waals surface area contributed by atoms with Gasteiger partial charge < -0.3 is 10.1 Å². The van der Waals surface area contributed by atoms with E-state index in [4.69, 9.17) is 4.74 Å². The van der Waals surface area contributed by atoms with Crippen molar-refractivity contribution in [1.29, 1.82) is 0 Å². The van der Waals surface area contributed by atoms with Crippen molar-refractivity contribution in [1.82, 2.24) is 10.2 Å². The van der Waals surface area contributed by atoms with Gasteiger partial charge in [-0.3, -0.25) is 14.5 Å².